The molecule has 1 saturated carbocycles. The SMILES string of the molecule is N#CC1(NC(=O)C(CC2CCCCC2)C2CCCN2C(N)=O)CCN(Cc2ccccc2)C1. The van der Waals surface area contributed by atoms with Gasteiger partial charge in [0.25, 0.3) is 0 Å². The van der Waals surface area contributed by atoms with Crippen molar-refractivity contribution < 1.29 is 9.59 Å². The second-order valence-corrected chi connectivity index (χ2v) is 10.2. The number of nitrogens with two attached hydrogens (primary N) is 1. The predicted molar refractivity (Wildman–Crippen MR) is 127 cm³/mol. The topological polar surface area (TPSA) is 102 Å². The zero-order valence-corrected chi connectivity index (χ0v) is 19.5. The molecule has 0 spiro atoms. The van der Waals surface area contributed by atoms with Crippen molar-refractivity contribution in [2.45, 2.75) is 75.9 Å². The first-order chi connectivity index (χ1) is 16.0. The van der Waals surface area contributed by atoms with Crippen molar-refractivity contribution in [1.82, 2.24) is 15.1 Å². The first-order valence-electron chi connectivity index (χ1n) is 12.6. The van der Waals surface area contributed by atoms with Gasteiger partial charge in [-0.05, 0) is 37.2 Å². The van der Waals surface area contributed by atoms with Crippen LogP contribution in [0.5, 0.6) is 0 Å². The quantitative estimate of drug-likeness (QED) is 0.663. The highest BCUT2D eigenvalue weighted by Crippen LogP contribution is 2.35. The van der Waals surface area contributed by atoms with Crippen LogP contribution in [0.15, 0.2) is 30.3 Å². The summed E-state index contributed by atoms with van der Waals surface area (Å²) >= 11 is 0. The molecule has 0 bridgehead atoms. The summed E-state index contributed by atoms with van der Waals surface area (Å²) in [7, 11) is 0. The fourth-order valence-corrected chi connectivity index (χ4v) is 6.12. The molecule has 1 aromatic rings. The lowest BCUT2D eigenvalue weighted by Crippen LogP contribution is -2.55. The van der Waals surface area contributed by atoms with Gasteiger partial charge in [0.05, 0.1) is 12.0 Å². The molecule has 3 amide bonds. The van der Waals surface area contributed by atoms with Crippen molar-refractivity contribution in [3.05, 3.63) is 35.9 Å². The third-order valence-electron chi connectivity index (χ3n) is 7.87. The number of carbonyl (C=O) groups is 2. The summed E-state index contributed by atoms with van der Waals surface area (Å²) in [6.07, 6.45) is 9.02. The van der Waals surface area contributed by atoms with Crippen LogP contribution in [0.1, 0.15) is 63.4 Å². The molecule has 3 unspecified atom stereocenters. The maximum Gasteiger partial charge on any atom is 0.315 e. The molecule has 2 saturated heterocycles. The molecule has 1 aromatic carbocycles. The van der Waals surface area contributed by atoms with Crippen molar-refractivity contribution in [3.63, 3.8) is 0 Å². The molecule has 0 aromatic heterocycles. The van der Waals surface area contributed by atoms with E-state index < -0.39 is 11.6 Å². The summed E-state index contributed by atoms with van der Waals surface area (Å²) in [5.41, 5.74) is 5.99. The van der Waals surface area contributed by atoms with Crippen LogP contribution in [-0.2, 0) is 11.3 Å². The number of hydrogen-bond donors (Lipinski definition) is 2. The number of nitrogens with one attached hydrogen (secondary N) is 1. The van der Waals surface area contributed by atoms with Crippen LogP contribution in [0.4, 0.5) is 4.79 Å². The first kappa shape index (κ1) is 23.6. The van der Waals surface area contributed by atoms with Gasteiger partial charge in [-0.25, -0.2) is 4.79 Å². The highest BCUT2D eigenvalue weighted by molar-refractivity contribution is 5.82. The number of hydrogen-bond acceptors (Lipinski definition) is 4. The Kier molecular flexibility index (Phi) is 7.54. The summed E-state index contributed by atoms with van der Waals surface area (Å²) in [6, 6.07) is 12.0. The van der Waals surface area contributed by atoms with E-state index >= 15 is 0 Å². The van der Waals surface area contributed by atoms with E-state index in [0.717, 1.165) is 45.2 Å². The highest BCUT2D eigenvalue weighted by atomic mass is 16.2. The third-order valence-corrected chi connectivity index (χ3v) is 7.87. The van der Waals surface area contributed by atoms with Crippen molar-refractivity contribution in [2.75, 3.05) is 19.6 Å². The Labute approximate surface area is 197 Å². The minimum atomic E-state index is -0.882. The largest absolute Gasteiger partial charge is 0.351 e. The second kappa shape index (κ2) is 10.6. The maximum absolute atomic E-state index is 13.7. The molecule has 7 nitrogen and oxygen atoms in total. The van der Waals surface area contributed by atoms with Gasteiger partial charge in [0.1, 0.15) is 5.54 Å². The van der Waals surface area contributed by atoms with E-state index in [2.05, 4.69) is 28.4 Å². The molecule has 2 heterocycles. The Morgan fingerprint density at radius 3 is 2.58 bits per heavy atom. The van der Waals surface area contributed by atoms with Gasteiger partial charge in [-0.2, -0.15) is 5.26 Å². The molecule has 178 valence electrons. The van der Waals surface area contributed by atoms with Gasteiger partial charge in [0.15, 0.2) is 0 Å². The van der Waals surface area contributed by atoms with Gasteiger partial charge in [-0.15, -0.1) is 0 Å². The van der Waals surface area contributed by atoms with Crippen LogP contribution in [-0.4, -0.2) is 53.0 Å². The third kappa shape index (κ3) is 5.67. The number of amides is 3. The van der Waals surface area contributed by atoms with E-state index in [9.17, 15) is 14.9 Å². The summed E-state index contributed by atoms with van der Waals surface area (Å²) in [6.45, 7) is 2.67. The van der Waals surface area contributed by atoms with Crippen LogP contribution in [0.3, 0.4) is 0 Å². The second-order valence-electron chi connectivity index (χ2n) is 10.2. The van der Waals surface area contributed by atoms with Gasteiger partial charge < -0.3 is 16.0 Å². The predicted octanol–water partition coefficient (Wildman–Crippen LogP) is 3.40. The zero-order valence-electron chi connectivity index (χ0n) is 19.5. The van der Waals surface area contributed by atoms with Gasteiger partial charge in [0.2, 0.25) is 5.91 Å². The maximum atomic E-state index is 13.7. The number of nitriles is 1. The van der Waals surface area contributed by atoms with E-state index in [4.69, 9.17) is 5.73 Å². The summed E-state index contributed by atoms with van der Waals surface area (Å²) in [5.74, 6) is 0.111. The molecule has 3 N–H and O–H groups in total. The lowest BCUT2D eigenvalue weighted by atomic mass is 9.79. The zero-order chi connectivity index (χ0) is 23.3. The van der Waals surface area contributed by atoms with E-state index in [1.807, 2.05) is 18.2 Å². The van der Waals surface area contributed by atoms with E-state index in [-0.39, 0.29) is 17.9 Å². The molecule has 0 radical (unpaired) electrons. The van der Waals surface area contributed by atoms with Crippen LogP contribution in [0.2, 0.25) is 0 Å². The monoisotopic (exact) mass is 451 g/mol. The Hall–Kier alpha value is -2.59. The molecule has 3 aliphatic rings. The van der Waals surface area contributed by atoms with Gasteiger partial charge in [-0.1, -0.05) is 62.4 Å². The first-order valence-corrected chi connectivity index (χ1v) is 12.6. The fraction of sp³-hybridized carbons (Fsp3) is 0.654. The Morgan fingerprint density at radius 1 is 1.12 bits per heavy atom. The standard InChI is InChI=1S/C26H37N5O2/c27-18-26(13-15-30(19-26)17-21-10-5-2-6-11-21)29-24(32)22(16-20-8-3-1-4-9-20)23-12-7-14-31(23)25(28)33/h2,5-6,10-11,20,22-23H,1,3-4,7-9,12-17,19H2,(H2,28,33)(H,29,32). The molecular formula is C26H37N5O2. The van der Waals surface area contributed by atoms with E-state index in [1.54, 1.807) is 4.90 Å². The summed E-state index contributed by atoms with van der Waals surface area (Å²) in [5, 5.41) is 13.2. The Bertz CT molecular complexity index is 863. The lowest BCUT2D eigenvalue weighted by Gasteiger charge is -2.35. The minimum Gasteiger partial charge on any atom is -0.351 e. The number of urea groups is 1. The molecule has 3 fully saturated rings. The number of rotatable bonds is 7. The van der Waals surface area contributed by atoms with Crippen LogP contribution in [0, 0.1) is 23.2 Å². The number of primary amides is 1. The molecule has 4 rings (SSSR count). The van der Waals surface area contributed by atoms with Gasteiger partial charge in [-0.3, -0.25) is 9.69 Å². The smallest absolute Gasteiger partial charge is 0.315 e. The van der Waals surface area contributed by atoms with Gasteiger partial charge >= 0.3 is 6.03 Å². The normalized spacial score (nSPS) is 27.2. The average molecular weight is 452 g/mol. The van der Waals surface area contributed by atoms with Crippen LogP contribution >= 0.6 is 0 Å². The van der Waals surface area contributed by atoms with E-state index in [1.165, 1.54) is 24.8 Å². The van der Waals surface area contributed by atoms with E-state index in [0.29, 0.717) is 25.4 Å². The van der Waals surface area contributed by atoms with Crippen LogP contribution < -0.4 is 11.1 Å². The van der Waals surface area contributed by atoms with Gasteiger partial charge in [0, 0.05) is 32.2 Å². The Balaban J connectivity index is 1.46. The molecule has 3 atom stereocenters. The summed E-state index contributed by atoms with van der Waals surface area (Å²) < 4.78 is 0. The number of benzene rings is 1. The minimum absolute atomic E-state index is 0.0816. The number of carbonyl (C=O) groups excluding carboxylic acids is 2. The molecule has 2 aliphatic heterocycles. The Morgan fingerprint density at radius 2 is 1.88 bits per heavy atom. The summed E-state index contributed by atoms with van der Waals surface area (Å²) in [4.78, 5) is 29.7. The van der Waals surface area contributed by atoms with Crippen molar-refractivity contribution in [1.29, 1.82) is 5.26 Å². The highest BCUT2D eigenvalue weighted by Gasteiger charge is 2.44. The van der Waals surface area contributed by atoms with Crippen molar-refractivity contribution >= 4 is 11.9 Å². The fourth-order valence-electron chi connectivity index (χ4n) is 6.12. The van der Waals surface area contributed by atoms with Crippen molar-refractivity contribution in [2.24, 2.45) is 17.6 Å². The molecule has 1 aliphatic carbocycles. The average Bonchev–Trinajstić information content (AvgIpc) is 3.47. The number of nitrogens with zero attached hydrogens (tertiary/aromatic N) is 3. The number of likely N-dealkylation sites (tertiary alicyclic amines) is 2. The van der Waals surface area contributed by atoms with Crippen molar-refractivity contribution in [3.8, 4) is 6.07 Å². The van der Waals surface area contributed by atoms with Crippen LogP contribution in [0.25, 0.3) is 0 Å². The molecule has 33 heavy (non-hydrogen) atoms. The lowest BCUT2D eigenvalue weighted by molar-refractivity contribution is -0.128. The molecular weight excluding hydrogens is 414 g/mol. The molecule has 7 heteroatoms.